The third kappa shape index (κ3) is 6.54. The van der Waals surface area contributed by atoms with E-state index in [9.17, 15) is 10.1 Å². The zero-order valence-electron chi connectivity index (χ0n) is 21.2. The topological polar surface area (TPSA) is 87.9 Å². The van der Waals surface area contributed by atoms with Gasteiger partial charge >= 0.3 is 0 Å². The van der Waals surface area contributed by atoms with Gasteiger partial charge in [0.05, 0.1) is 11.8 Å². The van der Waals surface area contributed by atoms with Crippen LogP contribution in [0.15, 0.2) is 30.5 Å². The Bertz CT molecular complexity index is 992. The first-order valence-corrected chi connectivity index (χ1v) is 11.9. The number of carbonyl (C=O) groups is 1. The summed E-state index contributed by atoms with van der Waals surface area (Å²) in [6, 6.07) is 9.93. The highest BCUT2D eigenvalue weighted by Crippen LogP contribution is 2.39. The normalized spacial score (nSPS) is 12.7. The van der Waals surface area contributed by atoms with Gasteiger partial charge in [-0.15, -0.1) is 5.10 Å². The number of anilines is 1. The standard InChI is InChI=1S/C27H38N4O2/c1-8-11-12-23(25(32)30-24-19(18-28)15-16-29-31-24)33-22-14-13-20(26(4,5)9-2)17-21(22)27(6,7)10-3/h13-17,23H,8-12H2,1-7H3,(H,30,31,32). The maximum absolute atomic E-state index is 13.2. The molecule has 0 saturated heterocycles. The molecular formula is C27H38N4O2. The predicted molar refractivity (Wildman–Crippen MR) is 132 cm³/mol. The number of amides is 1. The number of nitrogens with zero attached hydrogens (tertiary/aromatic N) is 3. The Morgan fingerprint density at radius 3 is 2.42 bits per heavy atom. The van der Waals surface area contributed by atoms with Gasteiger partial charge < -0.3 is 10.1 Å². The second kappa shape index (κ2) is 11.3. The van der Waals surface area contributed by atoms with Gasteiger partial charge in [-0.05, 0) is 54.2 Å². The molecule has 1 aromatic carbocycles. The molecule has 0 bridgehead atoms. The summed E-state index contributed by atoms with van der Waals surface area (Å²) < 4.78 is 6.40. The molecule has 1 N–H and O–H groups in total. The van der Waals surface area contributed by atoms with E-state index in [2.05, 4.69) is 76.1 Å². The molecule has 1 unspecified atom stereocenters. The summed E-state index contributed by atoms with van der Waals surface area (Å²) in [5, 5.41) is 19.8. The van der Waals surface area contributed by atoms with Crippen LogP contribution in [0.2, 0.25) is 0 Å². The summed E-state index contributed by atoms with van der Waals surface area (Å²) in [7, 11) is 0. The summed E-state index contributed by atoms with van der Waals surface area (Å²) in [6.07, 6.45) is 5.05. The number of benzene rings is 1. The van der Waals surface area contributed by atoms with E-state index in [1.54, 1.807) is 0 Å². The minimum atomic E-state index is -0.699. The summed E-state index contributed by atoms with van der Waals surface area (Å²) in [4.78, 5) is 13.2. The van der Waals surface area contributed by atoms with E-state index in [4.69, 9.17) is 4.74 Å². The number of hydrogen-bond donors (Lipinski definition) is 1. The van der Waals surface area contributed by atoms with Crippen molar-refractivity contribution in [3.8, 4) is 11.8 Å². The Labute approximate surface area is 198 Å². The van der Waals surface area contributed by atoms with Crippen molar-refractivity contribution < 1.29 is 9.53 Å². The van der Waals surface area contributed by atoms with Gasteiger partial charge in [0.15, 0.2) is 11.9 Å². The molecule has 178 valence electrons. The van der Waals surface area contributed by atoms with E-state index in [0.717, 1.165) is 37.0 Å². The number of rotatable bonds is 11. The number of nitrogens with one attached hydrogen (secondary N) is 1. The van der Waals surface area contributed by atoms with Crippen molar-refractivity contribution in [3.63, 3.8) is 0 Å². The van der Waals surface area contributed by atoms with Crippen molar-refractivity contribution in [2.24, 2.45) is 0 Å². The van der Waals surface area contributed by atoms with Crippen molar-refractivity contribution in [3.05, 3.63) is 47.2 Å². The van der Waals surface area contributed by atoms with Crippen LogP contribution >= 0.6 is 0 Å². The van der Waals surface area contributed by atoms with Crippen molar-refractivity contribution in [2.75, 3.05) is 5.32 Å². The molecule has 2 aromatic rings. The maximum Gasteiger partial charge on any atom is 0.266 e. The second-order valence-corrected chi connectivity index (χ2v) is 9.83. The lowest BCUT2D eigenvalue weighted by atomic mass is 9.76. The molecule has 33 heavy (non-hydrogen) atoms. The molecule has 0 saturated carbocycles. The highest BCUT2D eigenvalue weighted by Gasteiger charge is 2.29. The Morgan fingerprint density at radius 1 is 1.12 bits per heavy atom. The first-order valence-electron chi connectivity index (χ1n) is 11.9. The minimum Gasteiger partial charge on any atom is -0.480 e. The molecule has 0 aliphatic rings. The van der Waals surface area contributed by atoms with E-state index in [-0.39, 0.29) is 28.1 Å². The van der Waals surface area contributed by atoms with Crippen LogP contribution in [0.3, 0.4) is 0 Å². The Balaban J connectivity index is 2.43. The van der Waals surface area contributed by atoms with Gasteiger partial charge in [0.1, 0.15) is 11.8 Å². The zero-order chi connectivity index (χ0) is 24.6. The number of ether oxygens (including phenoxy) is 1. The van der Waals surface area contributed by atoms with E-state index < -0.39 is 6.10 Å². The van der Waals surface area contributed by atoms with Crippen LogP contribution in [0.1, 0.15) is 97.3 Å². The number of aromatic nitrogens is 2. The second-order valence-electron chi connectivity index (χ2n) is 9.83. The molecule has 1 amide bonds. The fraction of sp³-hybridized carbons (Fsp3) is 0.556. The van der Waals surface area contributed by atoms with Gasteiger partial charge in [0.2, 0.25) is 0 Å². The molecule has 0 fully saturated rings. The average Bonchev–Trinajstić information content (AvgIpc) is 2.81. The predicted octanol–water partition coefficient (Wildman–Crippen LogP) is 6.30. The third-order valence-electron chi connectivity index (χ3n) is 6.72. The third-order valence-corrected chi connectivity index (χ3v) is 6.72. The molecule has 0 radical (unpaired) electrons. The van der Waals surface area contributed by atoms with Crippen LogP contribution in [0.4, 0.5) is 5.82 Å². The van der Waals surface area contributed by atoms with E-state index >= 15 is 0 Å². The first-order chi connectivity index (χ1) is 15.6. The summed E-state index contributed by atoms with van der Waals surface area (Å²) in [5.74, 6) is 0.566. The number of unbranched alkanes of at least 4 members (excludes halogenated alkanes) is 1. The molecule has 1 aromatic heterocycles. The molecular weight excluding hydrogens is 412 g/mol. The molecule has 1 heterocycles. The summed E-state index contributed by atoms with van der Waals surface area (Å²) in [5.41, 5.74) is 2.58. The highest BCUT2D eigenvalue weighted by molar-refractivity contribution is 5.94. The van der Waals surface area contributed by atoms with Crippen LogP contribution < -0.4 is 10.1 Å². The van der Waals surface area contributed by atoms with Crippen LogP contribution in [-0.4, -0.2) is 22.2 Å². The Morgan fingerprint density at radius 2 is 1.82 bits per heavy atom. The van der Waals surface area contributed by atoms with E-state index in [0.29, 0.717) is 6.42 Å². The average molecular weight is 451 g/mol. The van der Waals surface area contributed by atoms with Crippen molar-refractivity contribution in [1.29, 1.82) is 5.26 Å². The van der Waals surface area contributed by atoms with E-state index in [1.165, 1.54) is 17.8 Å². The summed E-state index contributed by atoms with van der Waals surface area (Å²) >= 11 is 0. The monoisotopic (exact) mass is 450 g/mol. The lowest BCUT2D eigenvalue weighted by molar-refractivity contribution is -0.123. The first kappa shape index (κ1) is 26.3. The number of carbonyl (C=O) groups excluding carboxylic acids is 1. The van der Waals surface area contributed by atoms with Crippen molar-refractivity contribution in [2.45, 2.75) is 97.5 Å². The van der Waals surface area contributed by atoms with Crippen molar-refractivity contribution >= 4 is 11.7 Å². The minimum absolute atomic E-state index is 0.0514. The maximum atomic E-state index is 13.2. The van der Waals surface area contributed by atoms with Gasteiger partial charge in [0, 0.05) is 5.56 Å². The number of hydrogen-bond acceptors (Lipinski definition) is 5. The summed E-state index contributed by atoms with van der Waals surface area (Å²) in [6.45, 7) is 15.4. The quantitative estimate of drug-likeness (QED) is 0.434. The zero-order valence-corrected chi connectivity index (χ0v) is 21.2. The van der Waals surface area contributed by atoms with Crippen molar-refractivity contribution in [1.82, 2.24) is 10.2 Å². The molecule has 0 aliphatic carbocycles. The molecule has 0 aliphatic heterocycles. The van der Waals surface area contributed by atoms with E-state index in [1.807, 2.05) is 12.1 Å². The smallest absolute Gasteiger partial charge is 0.266 e. The van der Waals surface area contributed by atoms with Gasteiger partial charge in [-0.3, -0.25) is 4.79 Å². The van der Waals surface area contributed by atoms with Gasteiger partial charge in [-0.25, -0.2) is 0 Å². The van der Waals surface area contributed by atoms with Crippen LogP contribution in [0.25, 0.3) is 0 Å². The lowest BCUT2D eigenvalue weighted by Gasteiger charge is -2.31. The fourth-order valence-electron chi connectivity index (χ4n) is 3.47. The fourth-order valence-corrected chi connectivity index (χ4v) is 3.47. The molecule has 0 spiro atoms. The molecule has 1 atom stereocenters. The lowest BCUT2D eigenvalue weighted by Crippen LogP contribution is -2.34. The Kier molecular flexibility index (Phi) is 8.99. The van der Waals surface area contributed by atoms with Crippen LogP contribution in [0, 0.1) is 11.3 Å². The highest BCUT2D eigenvalue weighted by atomic mass is 16.5. The van der Waals surface area contributed by atoms with Gasteiger partial charge in [0.25, 0.3) is 5.91 Å². The largest absolute Gasteiger partial charge is 0.480 e. The number of nitriles is 1. The molecule has 2 rings (SSSR count). The molecule has 6 nitrogen and oxygen atoms in total. The molecule has 6 heteroatoms. The van der Waals surface area contributed by atoms with Gasteiger partial charge in [-0.2, -0.15) is 10.4 Å². The Hall–Kier alpha value is -2.94. The van der Waals surface area contributed by atoms with Crippen LogP contribution in [0.5, 0.6) is 5.75 Å². The van der Waals surface area contributed by atoms with Gasteiger partial charge in [-0.1, -0.05) is 67.0 Å². The SMILES string of the molecule is CCCCC(Oc1ccc(C(C)(C)CC)cc1C(C)(C)CC)C(=O)Nc1nnccc1C#N. The van der Waals surface area contributed by atoms with Crippen LogP contribution in [-0.2, 0) is 15.6 Å².